The molecule has 0 aliphatic heterocycles. The third-order valence-electron chi connectivity index (χ3n) is 4.96. The second-order valence-corrected chi connectivity index (χ2v) is 7.52. The average Bonchev–Trinajstić information content (AvgIpc) is 2.78. The number of para-hydroxylation sites is 1. The highest BCUT2D eigenvalue weighted by atomic mass is 16.5. The van der Waals surface area contributed by atoms with E-state index in [1.807, 2.05) is 92.7 Å². The van der Waals surface area contributed by atoms with Gasteiger partial charge in [0, 0.05) is 6.54 Å². The standard InChI is InChI=1S/C26H26N2O2/c1-19(2)25(26(29)30-18-21-9-5-4-6-10-21)28-17-20-13-15-22(16-14-20)23-11-7-8-12-24(23)27-3/h4-16,19,25,28H,17-18H2,1-2H3/t25-/m1/s1. The monoisotopic (exact) mass is 398 g/mol. The van der Waals surface area contributed by atoms with Crippen LogP contribution in [-0.4, -0.2) is 12.0 Å². The van der Waals surface area contributed by atoms with Crippen LogP contribution in [0.25, 0.3) is 16.0 Å². The topological polar surface area (TPSA) is 42.7 Å². The molecule has 0 unspecified atom stereocenters. The van der Waals surface area contributed by atoms with Crippen molar-refractivity contribution in [1.82, 2.24) is 5.32 Å². The maximum atomic E-state index is 12.6. The maximum absolute atomic E-state index is 12.6. The molecule has 0 radical (unpaired) electrons. The van der Waals surface area contributed by atoms with Gasteiger partial charge >= 0.3 is 5.97 Å². The van der Waals surface area contributed by atoms with E-state index in [4.69, 9.17) is 11.3 Å². The van der Waals surface area contributed by atoms with Crippen LogP contribution in [0.15, 0.2) is 78.9 Å². The minimum absolute atomic E-state index is 0.109. The number of nitrogens with one attached hydrogen (secondary N) is 1. The van der Waals surface area contributed by atoms with Crippen LogP contribution in [0.4, 0.5) is 5.69 Å². The molecule has 0 aliphatic rings. The second-order valence-electron chi connectivity index (χ2n) is 7.52. The second kappa shape index (κ2) is 10.4. The van der Waals surface area contributed by atoms with Gasteiger partial charge in [-0.05, 0) is 28.2 Å². The van der Waals surface area contributed by atoms with Gasteiger partial charge in [-0.15, -0.1) is 0 Å². The molecule has 3 aromatic rings. The summed E-state index contributed by atoms with van der Waals surface area (Å²) < 4.78 is 5.51. The minimum atomic E-state index is -0.378. The zero-order valence-electron chi connectivity index (χ0n) is 17.3. The van der Waals surface area contributed by atoms with Gasteiger partial charge in [0.25, 0.3) is 0 Å². The number of ether oxygens (including phenoxy) is 1. The lowest BCUT2D eigenvalue weighted by atomic mass is 10.0. The minimum Gasteiger partial charge on any atom is -0.460 e. The van der Waals surface area contributed by atoms with Crippen molar-refractivity contribution in [3.05, 3.63) is 101 Å². The van der Waals surface area contributed by atoms with E-state index >= 15 is 0 Å². The Balaban J connectivity index is 1.60. The molecule has 1 atom stereocenters. The van der Waals surface area contributed by atoms with E-state index in [0.717, 1.165) is 22.3 Å². The molecule has 0 saturated carbocycles. The lowest BCUT2D eigenvalue weighted by Gasteiger charge is -2.21. The Morgan fingerprint density at radius 1 is 0.933 bits per heavy atom. The van der Waals surface area contributed by atoms with Crippen LogP contribution in [-0.2, 0) is 22.7 Å². The molecule has 0 heterocycles. The molecule has 0 amide bonds. The van der Waals surface area contributed by atoms with Crippen molar-refractivity contribution in [2.75, 3.05) is 0 Å². The van der Waals surface area contributed by atoms with E-state index in [1.165, 1.54) is 0 Å². The van der Waals surface area contributed by atoms with Crippen LogP contribution in [0.5, 0.6) is 0 Å². The molecule has 1 N–H and O–H groups in total. The molecule has 0 fully saturated rings. The Bertz CT molecular complexity index is 1010. The fraction of sp³-hybridized carbons (Fsp3) is 0.231. The molecule has 0 aromatic heterocycles. The summed E-state index contributed by atoms with van der Waals surface area (Å²) in [7, 11) is 0. The molecule has 0 saturated heterocycles. The van der Waals surface area contributed by atoms with E-state index in [2.05, 4.69) is 10.2 Å². The van der Waals surface area contributed by atoms with E-state index in [9.17, 15) is 4.79 Å². The number of hydrogen-bond acceptors (Lipinski definition) is 3. The molecule has 4 nitrogen and oxygen atoms in total. The van der Waals surface area contributed by atoms with Gasteiger partial charge < -0.3 is 10.1 Å². The first-order valence-electron chi connectivity index (χ1n) is 10.1. The summed E-state index contributed by atoms with van der Waals surface area (Å²) in [5.41, 5.74) is 4.62. The summed E-state index contributed by atoms with van der Waals surface area (Å²) in [6, 6.07) is 25.0. The van der Waals surface area contributed by atoms with Gasteiger partial charge in [0.2, 0.25) is 0 Å². The third-order valence-corrected chi connectivity index (χ3v) is 4.96. The number of esters is 1. The summed E-state index contributed by atoms with van der Waals surface area (Å²) in [4.78, 5) is 16.2. The SMILES string of the molecule is [C-]#[N+]c1ccccc1-c1ccc(CN[C@@H](C(=O)OCc2ccccc2)C(C)C)cc1. The van der Waals surface area contributed by atoms with E-state index in [-0.39, 0.29) is 24.5 Å². The predicted molar refractivity (Wildman–Crippen MR) is 120 cm³/mol. The summed E-state index contributed by atoms with van der Waals surface area (Å²) in [6.07, 6.45) is 0. The van der Waals surface area contributed by atoms with Crippen LogP contribution in [0.2, 0.25) is 0 Å². The molecule has 152 valence electrons. The largest absolute Gasteiger partial charge is 0.460 e. The van der Waals surface area contributed by atoms with Crippen LogP contribution < -0.4 is 5.32 Å². The lowest BCUT2D eigenvalue weighted by molar-refractivity contribution is -0.148. The summed E-state index contributed by atoms with van der Waals surface area (Å²) in [5, 5.41) is 3.33. The average molecular weight is 399 g/mol. The highest BCUT2D eigenvalue weighted by molar-refractivity contribution is 5.78. The number of hydrogen-bond donors (Lipinski definition) is 1. The van der Waals surface area contributed by atoms with Crippen molar-refractivity contribution in [3.8, 4) is 11.1 Å². The molecule has 4 heteroatoms. The van der Waals surface area contributed by atoms with Gasteiger partial charge in [-0.25, -0.2) is 4.85 Å². The Kier molecular flexibility index (Phi) is 7.37. The fourth-order valence-electron chi connectivity index (χ4n) is 3.25. The lowest BCUT2D eigenvalue weighted by Crippen LogP contribution is -2.41. The fourth-order valence-corrected chi connectivity index (χ4v) is 3.25. The van der Waals surface area contributed by atoms with E-state index < -0.39 is 0 Å². The van der Waals surface area contributed by atoms with Gasteiger partial charge in [-0.1, -0.05) is 92.7 Å². The quantitative estimate of drug-likeness (QED) is 0.387. The normalized spacial score (nSPS) is 11.7. The van der Waals surface area contributed by atoms with Crippen molar-refractivity contribution < 1.29 is 9.53 Å². The molecule has 0 aliphatic carbocycles. The number of carbonyl (C=O) groups is 1. The van der Waals surface area contributed by atoms with E-state index in [0.29, 0.717) is 12.2 Å². The molecule has 3 rings (SSSR count). The van der Waals surface area contributed by atoms with E-state index in [1.54, 1.807) is 0 Å². The Hall–Kier alpha value is -3.42. The van der Waals surface area contributed by atoms with Gasteiger partial charge in [-0.2, -0.15) is 0 Å². The van der Waals surface area contributed by atoms with Gasteiger partial charge in [0.15, 0.2) is 5.69 Å². The molecule has 0 bridgehead atoms. The zero-order chi connectivity index (χ0) is 21.3. The number of benzene rings is 3. The highest BCUT2D eigenvalue weighted by Gasteiger charge is 2.23. The summed E-state index contributed by atoms with van der Waals surface area (Å²) in [5.74, 6) is -0.130. The molecule has 30 heavy (non-hydrogen) atoms. The van der Waals surface area contributed by atoms with Gasteiger partial charge in [0.05, 0.1) is 6.57 Å². The van der Waals surface area contributed by atoms with Crippen LogP contribution in [0, 0.1) is 12.5 Å². The van der Waals surface area contributed by atoms with Crippen molar-refractivity contribution in [1.29, 1.82) is 0 Å². The van der Waals surface area contributed by atoms with Crippen molar-refractivity contribution in [2.45, 2.75) is 33.0 Å². The smallest absolute Gasteiger partial charge is 0.323 e. The molecule has 3 aromatic carbocycles. The molecular weight excluding hydrogens is 372 g/mol. The van der Waals surface area contributed by atoms with Gasteiger partial charge in [-0.3, -0.25) is 4.79 Å². The highest BCUT2D eigenvalue weighted by Crippen LogP contribution is 2.30. The van der Waals surface area contributed by atoms with Crippen LogP contribution in [0.3, 0.4) is 0 Å². The van der Waals surface area contributed by atoms with Crippen LogP contribution >= 0.6 is 0 Å². The van der Waals surface area contributed by atoms with Gasteiger partial charge in [0.1, 0.15) is 12.6 Å². The maximum Gasteiger partial charge on any atom is 0.323 e. The number of nitrogens with zero attached hydrogens (tertiary/aromatic N) is 1. The number of rotatable bonds is 8. The Morgan fingerprint density at radius 3 is 2.27 bits per heavy atom. The zero-order valence-corrected chi connectivity index (χ0v) is 17.3. The Morgan fingerprint density at radius 2 is 1.60 bits per heavy atom. The summed E-state index contributed by atoms with van der Waals surface area (Å²) in [6.45, 7) is 12.2. The van der Waals surface area contributed by atoms with Crippen LogP contribution in [0.1, 0.15) is 25.0 Å². The third kappa shape index (κ3) is 5.56. The van der Waals surface area contributed by atoms with Crippen molar-refractivity contribution in [2.24, 2.45) is 5.92 Å². The first kappa shape index (κ1) is 21.3. The molecule has 0 spiro atoms. The van der Waals surface area contributed by atoms with Crippen molar-refractivity contribution in [3.63, 3.8) is 0 Å². The predicted octanol–water partition coefficient (Wildman–Crippen LogP) is 5.76. The molecular formula is C26H26N2O2. The first-order chi connectivity index (χ1) is 14.6. The summed E-state index contributed by atoms with van der Waals surface area (Å²) >= 11 is 0. The Labute approximate surface area is 178 Å². The first-order valence-corrected chi connectivity index (χ1v) is 10.1. The van der Waals surface area contributed by atoms with Crippen molar-refractivity contribution >= 4 is 11.7 Å². The number of carbonyl (C=O) groups excluding carboxylic acids is 1.